The van der Waals surface area contributed by atoms with Crippen molar-refractivity contribution in [3.63, 3.8) is 0 Å². The zero-order chi connectivity index (χ0) is 16.0. The van der Waals surface area contributed by atoms with Gasteiger partial charge in [-0.25, -0.2) is 4.79 Å². The van der Waals surface area contributed by atoms with Crippen LogP contribution in [0.1, 0.15) is 39.2 Å². The van der Waals surface area contributed by atoms with E-state index in [9.17, 15) is 4.79 Å². The Bertz CT molecular complexity index is 473. The van der Waals surface area contributed by atoms with E-state index in [1.165, 1.54) is 12.0 Å². The average Bonchev–Trinajstić information content (AvgIpc) is 2.47. The van der Waals surface area contributed by atoms with Gasteiger partial charge in [0, 0.05) is 31.2 Å². The molecule has 2 heterocycles. The van der Waals surface area contributed by atoms with Crippen LogP contribution in [-0.4, -0.2) is 40.4 Å². The fourth-order valence-corrected chi connectivity index (χ4v) is 3.67. The average molecular weight is 322 g/mol. The molecule has 0 N–H and O–H groups in total. The lowest BCUT2D eigenvalue weighted by atomic mass is 10.0. The molecule has 0 bridgehead atoms. The molecule has 1 aromatic rings. The maximum Gasteiger partial charge on any atom is 0.410 e. The van der Waals surface area contributed by atoms with Crippen molar-refractivity contribution >= 4 is 17.9 Å². The minimum absolute atomic E-state index is 0.170. The third-order valence-electron chi connectivity index (χ3n) is 3.54. The Morgan fingerprint density at radius 3 is 2.82 bits per heavy atom. The number of ether oxygens (including phenoxy) is 1. The summed E-state index contributed by atoms with van der Waals surface area (Å²) in [6.45, 7) is 7.38. The van der Waals surface area contributed by atoms with E-state index >= 15 is 0 Å². The molecule has 1 fully saturated rings. The van der Waals surface area contributed by atoms with Gasteiger partial charge in [-0.2, -0.15) is 11.8 Å². The number of amides is 1. The predicted molar refractivity (Wildman–Crippen MR) is 90.9 cm³/mol. The predicted octanol–water partition coefficient (Wildman–Crippen LogP) is 3.96. The highest BCUT2D eigenvalue weighted by Crippen LogP contribution is 2.24. The standard InChI is InChI=1S/C17H26N2O2S/c1-17(2,3)21-16(20)19-10-4-5-15(11-19)13-22-12-14-6-8-18-9-7-14/h6-9,15H,4-5,10-13H2,1-3H3/t15-/m1/s1. The Labute approximate surface area is 137 Å². The molecule has 4 nitrogen and oxygen atoms in total. The summed E-state index contributed by atoms with van der Waals surface area (Å²) in [5.74, 6) is 2.65. The number of carbonyl (C=O) groups is 1. The molecule has 5 heteroatoms. The largest absolute Gasteiger partial charge is 0.444 e. The van der Waals surface area contributed by atoms with Crippen molar-refractivity contribution in [3.05, 3.63) is 30.1 Å². The number of likely N-dealkylation sites (tertiary alicyclic amines) is 1. The van der Waals surface area contributed by atoms with Crippen LogP contribution in [0, 0.1) is 5.92 Å². The highest BCUT2D eigenvalue weighted by molar-refractivity contribution is 7.98. The first kappa shape index (κ1) is 17.1. The van der Waals surface area contributed by atoms with Crippen molar-refractivity contribution in [2.75, 3.05) is 18.8 Å². The highest BCUT2D eigenvalue weighted by atomic mass is 32.2. The Morgan fingerprint density at radius 1 is 1.41 bits per heavy atom. The molecule has 1 aliphatic heterocycles. The van der Waals surface area contributed by atoms with Gasteiger partial charge in [0.05, 0.1) is 0 Å². The SMILES string of the molecule is CC(C)(C)OC(=O)N1CCC[C@@H](CSCc2ccncc2)C1. The summed E-state index contributed by atoms with van der Waals surface area (Å²) in [5, 5.41) is 0. The first-order valence-corrected chi connectivity index (χ1v) is 9.04. The molecule has 0 radical (unpaired) electrons. The van der Waals surface area contributed by atoms with Gasteiger partial charge in [0.1, 0.15) is 5.60 Å². The smallest absolute Gasteiger partial charge is 0.410 e. The van der Waals surface area contributed by atoms with Gasteiger partial charge in [0.25, 0.3) is 0 Å². The van der Waals surface area contributed by atoms with E-state index in [4.69, 9.17) is 4.74 Å². The van der Waals surface area contributed by atoms with Crippen molar-refractivity contribution in [2.24, 2.45) is 5.92 Å². The normalized spacial score (nSPS) is 19.0. The molecule has 1 saturated heterocycles. The summed E-state index contributed by atoms with van der Waals surface area (Å²) in [5.41, 5.74) is 0.889. The minimum Gasteiger partial charge on any atom is -0.444 e. The Balaban J connectivity index is 1.75. The number of aromatic nitrogens is 1. The van der Waals surface area contributed by atoms with E-state index in [-0.39, 0.29) is 6.09 Å². The lowest BCUT2D eigenvalue weighted by Gasteiger charge is -2.34. The number of carbonyl (C=O) groups excluding carboxylic acids is 1. The topological polar surface area (TPSA) is 42.4 Å². The van der Waals surface area contributed by atoms with Crippen LogP contribution in [0.15, 0.2) is 24.5 Å². The summed E-state index contributed by atoms with van der Waals surface area (Å²) in [4.78, 5) is 18.0. The number of nitrogens with zero attached hydrogens (tertiary/aromatic N) is 2. The molecular weight excluding hydrogens is 296 g/mol. The van der Waals surface area contributed by atoms with Crippen molar-refractivity contribution in [1.29, 1.82) is 0 Å². The minimum atomic E-state index is -0.417. The molecule has 2 rings (SSSR count). The van der Waals surface area contributed by atoms with Crippen LogP contribution in [0.2, 0.25) is 0 Å². The molecule has 1 aromatic heterocycles. The summed E-state index contributed by atoms with van der Waals surface area (Å²) in [7, 11) is 0. The number of piperidine rings is 1. The van der Waals surface area contributed by atoms with Crippen molar-refractivity contribution in [2.45, 2.75) is 45.0 Å². The fourth-order valence-electron chi connectivity index (χ4n) is 2.52. The van der Waals surface area contributed by atoms with Crippen molar-refractivity contribution in [3.8, 4) is 0 Å². The zero-order valence-corrected chi connectivity index (χ0v) is 14.6. The van der Waals surface area contributed by atoms with E-state index < -0.39 is 5.60 Å². The molecule has 1 amide bonds. The first-order valence-electron chi connectivity index (χ1n) is 7.88. The number of hydrogen-bond acceptors (Lipinski definition) is 4. The van der Waals surface area contributed by atoms with Crippen LogP contribution in [0.25, 0.3) is 0 Å². The van der Waals surface area contributed by atoms with Crippen LogP contribution in [-0.2, 0) is 10.5 Å². The van der Waals surface area contributed by atoms with E-state index in [1.54, 1.807) is 0 Å². The second kappa shape index (κ2) is 7.86. The van der Waals surface area contributed by atoms with Crippen molar-refractivity contribution < 1.29 is 9.53 Å². The molecule has 0 unspecified atom stereocenters. The highest BCUT2D eigenvalue weighted by Gasteiger charge is 2.27. The number of rotatable bonds is 4. The quantitative estimate of drug-likeness (QED) is 0.841. The van der Waals surface area contributed by atoms with Gasteiger partial charge in [-0.15, -0.1) is 0 Å². The summed E-state index contributed by atoms with van der Waals surface area (Å²) in [6, 6.07) is 4.11. The first-order chi connectivity index (χ1) is 10.4. The Kier molecular flexibility index (Phi) is 6.12. The maximum absolute atomic E-state index is 12.1. The monoisotopic (exact) mass is 322 g/mol. The molecule has 0 aromatic carbocycles. The van der Waals surface area contributed by atoms with Crippen LogP contribution in [0.4, 0.5) is 4.79 Å². The van der Waals surface area contributed by atoms with Gasteiger partial charge in [0.15, 0.2) is 0 Å². The van der Waals surface area contributed by atoms with Gasteiger partial charge in [-0.1, -0.05) is 0 Å². The molecule has 1 atom stereocenters. The molecule has 0 aliphatic carbocycles. The van der Waals surface area contributed by atoms with Gasteiger partial charge >= 0.3 is 6.09 Å². The maximum atomic E-state index is 12.1. The molecule has 0 saturated carbocycles. The molecule has 122 valence electrons. The van der Waals surface area contributed by atoms with E-state index in [0.29, 0.717) is 5.92 Å². The third-order valence-corrected chi connectivity index (χ3v) is 4.79. The summed E-state index contributed by atoms with van der Waals surface area (Å²) >= 11 is 1.93. The van der Waals surface area contributed by atoms with Crippen LogP contribution in [0.5, 0.6) is 0 Å². The van der Waals surface area contributed by atoms with E-state index in [0.717, 1.165) is 31.0 Å². The Hall–Kier alpha value is -1.23. The number of hydrogen-bond donors (Lipinski definition) is 0. The van der Waals surface area contributed by atoms with Gasteiger partial charge in [0.2, 0.25) is 0 Å². The zero-order valence-electron chi connectivity index (χ0n) is 13.7. The van der Waals surface area contributed by atoms with Gasteiger partial charge in [-0.05, 0) is 63.0 Å². The lowest BCUT2D eigenvalue weighted by molar-refractivity contribution is 0.0177. The summed E-state index contributed by atoms with van der Waals surface area (Å²) in [6.07, 6.45) is 5.76. The second-order valence-corrected chi connectivity index (χ2v) is 7.84. The van der Waals surface area contributed by atoms with E-state index in [2.05, 4.69) is 17.1 Å². The van der Waals surface area contributed by atoms with E-state index in [1.807, 2.05) is 49.8 Å². The molecule has 1 aliphatic rings. The second-order valence-electron chi connectivity index (χ2n) is 6.81. The number of thioether (sulfide) groups is 1. The molecular formula is C17H26N2O2S. The van der Waals surface area contributed by atoms with Crippen molar-refractivity contribution in [1.82, 2.24) is 9.88 Å². The fraction of sp³-hybridized carbons (Fsp3) is 0.647. The molecule has 0 spiro atoms. The number of pyridine rings is 1. The van der Waals surface area contributed by atoms with Crippen LogP contribution < -0.4 is 0 Å². The Morgan fingerprint density at radius 2 is 2.14 bits per heavy atom. The lowest BCUT2D eigenvalue weighted by Crippen LogP contribution is -2.43. The van der Waals surface area contributed by atoms with Gasteiger partial charge < -0.3 is 9.64 Å². The third kappa shape index (κ3) is 5.87. The summed E-state index contributed by atoms with van der Waals surface area (Å²) < 4.78 is 5.47. The molecule has 22 heavy (non-hydrogen) atoms. The van der Waals surface area contributed by atoms with Crippen LogP contribution in [0.3, 0.4) is 0 Å². The van der Waals surface area contributed by atoms with Crippen LogP contribution >= 0.6 is 11.8 Å². The van der Waals surface area contributed by atoms with Gasteiger partial charge in [-0.3, -0.25) is 4.98 Å².